The normalized spacial score (nSPS) is 10.9. The highest BCUT2D eigenvalue weighted by Crippen LogP contribution is 2.27. The van der Waals surface area contributed by atoms with Crippen LogP contribution in [0, 0.1) is 17.1 Å². The number of anilines is 2. The third-order valence-corrected chi connectivity index (χ3v) is 4.21. The smallest absolute Gasteiger partial charge is 0.264 e. The molecule has 0 saturated heterocycles. The van der Waals surface area contributed by atoms with Crippen LogP contribution in [0.1, 0.15) is 5.56 Å². The lowest BCUT2D eigenvalue weighted by Gasteiger charge is -2.10. The number of nitrogens with one attached hydrogen (secondary N) is 1. The van der Waals surface area contributed by atoms with Gasteiger partial charge in [-0.25, -0.2) is 12.8 Å². The van der Waals surface area contributed by atoms with Gasteiger partial charge in [0, 0.05) is 5.69 Å². The zero-order chi connectivity index (χ0) is 15.6. The van der Waals surface area contributed by atoms with Crippen LogP contribution in [0.25, 0.3) is 0 Å². The van der Waals surface area contributed by atoms with Crippen molar-refractivity contribution in [3.05, 3.63) is 52.8 Å². The molecule has 0 spiro atoms. The number of nitrogens with two attached hydrogens (primary N) is 1. The SMILES string of the molecule is N#Cc1cccc(NS(=O)(=O)c2cc(N)cc(Cl)c2F)c1. The van der Waals surface area contributed by atoms with Crippen LogP contribution in [0.3, 0.4) is 0 Å². The Hall–Kier alpha value is -2.30. The molecule has 0 radical (unpaired) electrons. The molecule has 0 aromatic heterocycles. The lowest BCUT2D eigenvalue weighted by atomic mass is 10.2. The molecular weight excluding hydrogens is 317 g/mol. The molecule has 108 valence electrons. The van der Waals surface area contributed by atoms with Gasteiger partial charge in [0.05, 0.1) is 22.3 Å². The van der Waals surface area contributed by atoms with Gasteiger partial charge in [-0.3, -0.25) is 4.72 Å². The fourth-order valence-corrected chi connectivity index (χ4v) is 3.11. The minimum atomic E-state index is -4.21. The standard InChI is InChI=1S/C13H9ClFN3O2S/c14-11-5-9(17)6-12(13(11)15)21(19,20)18-10-3-1-2-8(4-10)7-16/h1-6,18H,17H2. The maximum atomic E-state index is 13.9. The first-order valence-corrected chi connectivity index (χ1v) is 7.47. The molecule has 0 unspecified atom stereocenters. The van der Waals surface area contributed by atoms with Gasteiger partial charge in [-0.2, -0.15) is 5.26 Å². The Bertz CT molecular complexity index is 847. The number of rotatable bonds is 3. The second kappa shape index (κ2) is 5.60. The molecule has 2 rings (SSSR count). The predicted octanol–water partition coefficient (Wildman–Crippen LogP) is 2.73. The van der Waals surface area contributed by atoms with Gasteiger partial charge in [-0.05, 0) is 30.3 Å². The molecule has 0 bridgehead atoms. The average Bonchev–Trinajstić information content (AvgIpc) is 2.42. The summed E-state index contributed by atoms with van der Waals surface area (Å²) in [4.78, 5) is -0.658. The van der Waals surface area contributed by atoms with Crippen molar-refractivity contribution in [2.45, 2.75) is 4.90 Å². The quantitative estimate of drug-likeness (QED) is 0.848. The zero-order valence-electron chi connectivity index (χ0n) is 10.5. The molecule has 0 heterocycles. The van der Waals surface area contributed by atoms with Gasteiger partial charge in [0.15, 0.2) is 5.82 Å². The molecule has 2 aromatic carbocycles. The maximum absolute atomic E-state index is 13.9. The topological polar surface area (TPSA) is 96.0 Å². The first-order valence-electron chi connectivity index (χ1n) is 5.61. The summed E-state index contributed by atoms with van der Waals surface area (Å²) < 4.78 is 40.4. The van der Waals surface area contributed by atoms with Crippen LogP contribution in [0.2, 0.25) is 5.02 Å². The second-order valence-electron chi connectivity index (χ2n) is 4.11. The van der Waals surface area contributed by atoms with Gasteiger partial charge in [-0.1, -0.05) is 17.7 Å². The molecule has 8 heteroatoms. The number of hydrogen-bond acceptors (Lipinski definition) is 4. The number of halogens is 2. The second-order valence-corrected chi connectivity index (χ2v) is 6.17. The highest BCUT2D eigenvalue weighted by Gasteiger charge is 2.22. The van der Waals surface area contributed by atoms with Crippen LogP contribution in [0.5, 0.6) is 0 Å². The van der Waals surface area contributed by atoms with Gasteiger partial charge in [0.2, 0.25) is 0 Å². The van der Waals surface area contributed by atoms with Crippen LogP contribution >= 0.6 is 11.6 Å². The van der Waals surface area contributed by atoms with E-state index in [1.54, 1.807) is 0 Å². The highest BCUT2D eigenvalue weighted by molar-refractivity contribution is 7.92. The lowest BCUT2D eigenvalue weighted by Crippen LogP contribution is -2.15. The van der Waals surface area contributed by atoms with Crippen LogP contribution in [0.4, 0.5) is 15.8 Å². The van der Waals surface area contributed by atoms with Crippen molar-refractivity contribution in [1.82, 2.24) is 0 Å². The highest BCUT2D eigenvalue weighted by atomic mass is 35.5. The van der Waals surface area contributed by atoms with Gasteiger partial charge in [-0.15, -0.1) is 0 Å². The van der Waals surface area contributed by atoms with Crippen molar-refractivity contribution in [2.24, 2.45) is 0 Å². The number of nitrogen functional groups attached to an aromatic ring is 1. The van der Waals surface area contributed by atoms with E-state index < -0.39 is 20.7 Å². The summed E-state index contributed by atoms with van der Waals surface area (Å²) in [5.74, 6) is -1.09. The maximum Gasteiger partial charge on any atom is 0.264 e. The molecule has 0 aliphatic carbocycles. The minimum absolute atomic E-state index is 0.0209. The molecule has 21 heavy (non-hydrogen) atoms. The van der Waals surface area contributed by atoms with Crippen molar-refractivity contribution < 1.29 is 12.8 Å². The Morgan fingerprint density at radius 3 is 2.67 bits per heavy atom. The molecule has 0 fully saturated rings. The molecule has 0 aliphatic rings. The van der Waals surface area contributed by atoms with E-state index in [1.807, 2.05) is 6.07 Å². The van der Waals surface area contributed by atoms with Crippen molar-refractivity contribution in [2.75, 3.05) is 10.5 Å². The van der Waals surface area contributed by atoms with E-state index in [0.717, 1.165) is 12.1 Å². The van der Waals surface area contributed by atoms with Crippen molar-refractivity contribution in [3.63, 3.8) is 0 Å². The van der Waals surface area contributed by atoms with E-state index in [0.29, 0.717) is 0 Å². The molecule has 0 amide bonds. The van der Waals surface area contributed by atoms with E-state index in [9.17, 15) is 12.8 Å². The Morgan fingerprint density at radius 1 is 1.29 bits per heavy atom. The molecule has 0 atom stereocenters. The van der Waals surface area contributed by atoms with E-state index in [1.165, 1.54) is 24.3 Å². The summed E-state index contributed by atoms with van der Waals surface area (Å²) in [7, 11) is -4.21. The fourth-order valence-electron chi connectivity index (χ4n) is 1.64. The number of nitrogens with zero attached hydrogens (tertiary/aromatic N) is 1. The fraction of sp³-hybridized carbons (Fsp3) is 0. The monoisotopic (exact) mass is 325 g/mol. The molecule has 0 saturated carbocycles. The molecule has 0 aliphatic heterocycles. The molecule has 3 N–H and O–H groups in total. The zero-order valence-corrected chi connectivity index (χ0v) is 12.0. The van der Waals surface area contributed by atoms with E-state index in [-0.39, 0.29) is 22.0 Å². The molecular formula is C13H9ClFN3O2S. The summed E-state index contributed by atoms with van der Waals surface area (Å²) in [6, 6.07) is 9.73. The van der Waals surface area contributed by atoms with E-state index in [4.69, 9.17) is 22.6 Å². The van der Waals surface area contributed by atoms with Crippen LogP contribution < -0.4 is 10.5 Å². The van der Waals surface area contributed by atoms with Crippen molar-refractivity contribution >= 4 is 33.0 Å². The Morgan fingerprint density at radius 2 is 2.00 bits per heavy atom. The van der Waals surface area contributed by atoms with Crippen LogP contribution in [0.15, 0.2) is 41.3 Å². The summed E-state index contributed by atoms with van der Waals surface area (Å²) in [5.41, 5.74) is 5.90. The third kappa shape index (κ3) is 3.24. The number of hydrogen-bond donors (Lipinski definition) is 2. The lowest BCUT2D eigenvalue weighted by molar-refractivity contribution is 0.571. The predicted molar refractivity (Wildman–Crippen MR) is 77.8 cm³/mol. The van der Waals surface area contributed by atoms with Crippen LogP contribution in [-0.2, 0) is 10.0 Å². The number of nitriles is 1. The van der Waals surface area contributed by atoms with Crippen molar-refractivity contribution in [3.8, 4) is 6.07 Å². The van der Waals surface area contributed by atoms with Gasteiger partial charge in [0.1, 0.15) is 4.90 Å². The first-order chi connectivity index (χ1) is 9.83. The number of benzene rings is 2. The average molecular weight is 326 g/mol. The number of sulfonamides is 1. The molecule has 5 nitrogen and oxygen atoms in total. The van der Waals surface area contributed by atoms with Crippen molar-refractivity contribution in [1.29, 1.82) is 5.26 Å². The minimum Gasteiger partial charge on any atom is -0.399 e. The van der Waals surface area contributed by atoms with Gasteiger partial charge >= 0.3 is 0 Å². The Labute approximate surface area is 125 Å². The van der Waals surface area contributed by atoms with Crippen LogP contribution in [-0.4, -0.2) is 8.42 Å². The largest absolute Gasteiger partial charge is 0.399 e. The van der Waals surface area contributed by atoms with E-state index >= 15 is 0 Å². The summed E-state index contributed by atoms with van der Waals surface area (Å²) in [6.07, 6.45) is 0. The Balaban J connectivity index is 2.46. The summed E-state index contributed by atoms with van der Waals surface area (Å²) in [5, 5.41) is 8.39. The summed E-state index contributed by atoms with van der Waals surface area (Å²) in [6.45, 7) is 0. The Kier molecular flexibility index (Phi) is 4.02. The molecule has 2 aromatic rings. The third-order valence-electron chi connectivity index (χ3n) is 2.55. The van der Waals surface area contributed by atoms with Gasteiger partial charge < -0.3 is 5.73 Å². The van der Waals surface area contributed by atoms with E-state index in [2.05, 4.69) is 4.72 Å². The van der Waals surface area contributed by atoms with Gasteiger partial charge in [0.25, 0.3) is 10.0 Å². The first kappa shape index (κ1) is 15.1. The summed E-state index contributed by atoms with van der Waals surface area (Å²) >= 11 is 5.59.